The molecule has 1 heterocycles. The van der Waals surface area contributed by atoms with Crippen molar-refractivity contribution in [3.63, 3.8) is 0 Å². The largest absolute Gasteiger partial charge is 0.493 e. The van der Waals surface area contributed by atoms with Crippen LogP contribution in [0.25, 0.3) is 10.9 Å². The first-order chi connectivity index (χ1) is 9.13. The van der Waals surface area contributed by atoms with Crippen LogP contribution in [0.4, 0.5) is 5.69 Å². The number of aromatic nitrogens is 1. The normalized spacial score (nSPS) is 10.6. The molecule has 0 saturated carbocycles. The smallest absolute Gasteiger partial charge is 0.354 e. The zero-order valence-electron chi connectivity index (χ0n) is 10.3. The minimum atomic E-state index is -1.12. The van der Waals surface area contributed by atoms with Gasteiger partial charge in [0.15, 0.2) is 5.69 Å². The summed E-state index contributed by atoms with van der Waals surface area (Å²) in [6, 6.07) is 6.64. The van der Waals surface area contributed by atoms with Gasteiger partial charge >= 0.3 is 5.97 Å². The number of carboxylic acid groups (broad SMARTS) is 1. The van der Waals surface area contributed by atoms with E-state index in [1.165, 1.54) is 6.07 Å². The number of ether oxygens (including phenoxy) is 1. The topological polar surface area (TPSA) is 111 Å². The van der Waals surface area contributed by atoms with Gasteiger partial charge in [-0.15, -0.1) is 0 Å². The maximum Gasteiger partial charge on any atom is 0.354 e. The lowest BCUT2D eigenvalue weighted by Gasteiger charge is -2.10. The summed E-state index contributed by atoms with van der Waals surface area (Å²) in [4.78, 5) is 15.1. The van der Waals surface area contributed by atoms with Gasteiger partial charge in [-0.3, -0.25) is 0 Å². The van der Waals surface area contributed by atoms with Crippen LogP contribution < -0.4 is 16.2 Å². The highest BCUT2D eigenvalue weighted by Crippen LogP contribution is 2.29. The van der Waals surface area contributed by atoms with Gasteiger partial charge < -0.3 is 21.3 Å². The van der Waals surface area contributed by atoms with E-state index in [9.17, 15) is 4.79 Å². The molecule has 0 aliphatic heterocycles. The van der Waals surface area contributed by atoms with E-state index in [0.717, 1.165) is 0 Å². The van der Waals surface area contributed by atoms with Crippen LogP contribution in [0.1, 0.15) is 16.9 Å². The summed E-state index contributed by atoms with van der Waals surface area (Å²) in [5.41, 5.74) is 12.0. The number of hydrogen-bond acceptors (Lipinski definition) is 5. The number of carboxylic acids is 1. The fraction of sp³-hybridized carbons (Fsp3) is 0.231. The van der Waals surface area contributed by atoms with Crippen molar-refractivity contribution in [2.45, 2.75) is 6.42 Å². The van der Waals surface area contributed by atoms with Crippen molar-refractivity contribution in [3.05, 3.63) is 30.0 Å². The summed E-state index contributed by atoms with van der Waals surface area (Å²) in [5.74, 6) is -0.656. The van der Waals surface area contributed by atoms with Crippen molar-refractivity contribution in [2.75, 3.05) is 18.9 Å². The minimum absolute atomic E-state index is 0.0897. The van der Waals surface area contributed by atoms with E-state index < -0.39 is 5.97 Å². The number of hydrogen-bond donors (Lipinski definition) is 3. The van der Waals surface area contributed by atoms with Crippen molar-refractivity contribution in [1.29, 1.82) is 0 Å². The number of pyridine rings is 1. The Morgan fingerprint density at radius 1 is 1.42 bits per heavy atom. The first-order valence-electron chi connectivity index (χ1n) is 5.89. The van der Waals surface area contributed by atoms with Crippen LogP contribution in [0.15, 0.2) is 24.3 Å². The van der Waals surface area contributed by atoms with Gasteiger partial charge in [-0.25, -0.2) is 9.78 Å². The highest BCUT2D eigenvalue weighted by atomic mass is 16.5. The fourth-order valence-electron chi connectivity index (χ4n) is 1.73. The summed E-state index contributed by atoms with van der Waals surface area (Å²) < 4.78 is 5.57. The molecule has 2 aromatic rings. The van der Waals surface area contributed by atoms with E-state index in [4.69, 9.17) is 21.3 Å². The molecular formula is C13H15N3O3. The molecule has 6 heteroatoms. The summed E-state index contributed by atoms with van der Waals surface area (Å²) in [5, 5.41) is 9.75. The van der Waals surface area contributed by atoms with Gasteiger partial charge in [-0.2, -0.15) is 0 Å². The number of nitrogens with two attached hydrogens (primary N) is 2. The molecule has 2 rings (SSSR count). The maximum absolute atomic E-state index is 11.1. The zero-order valence-corrected chi connectivity index (χ0v) is 10.3. The Morgan fingerprint density at radius 2 is 2.21 bits per heavy atom. The Bertz CT molecular complexity index is 613. The number of carbonyl (C=O) groups is 1. The maximum atomic E-state index is 11.1. The predicted molar refractivity (Wildman–Crippen MR) is 72.3 cm³/mol. The molecule has 100 valence electrons. The summed E-state index contributed by atoms with van der Waals surface area (Å²) in [6.07, 6.45) is 0.689. The van der Waals surface area contributed by atoms with Gasteiger partial charge in [0.1, 0.15) is 5.75 Å². The average molecular weight is 261 g/mol. The molecule has 6 nitrogen and oxygen atoms in total. The molecule has 0 radical (unpaired) electrons. The zero-order chi connectivity index (χ0) is 13.8. The second-order valence-electron chi connectivity index (χ2n) is 4.04. The molecule has 0 bridgehead atoms. The predicted octanol–water partition coefficient (Wildman–Crippen LogP) is 1.24. The first-order valence-corrected chi connectivity index (χ1v) is 5.89. The number of nitrogens with zero attached hydrogens (tertiary/aromatic N) is 1. The second-order valence-corrected chi connectivity index (χ2v) is 4.04. The molecule has 0 saturated heterocycles. The van der Waals surface area contributed by atoms with Gasteiger partial charge in [-0.1, -0.05) is 6.07 Å². The Kier molecular flexibility index (Phi) is 3.82. The summed E-state index contributed by atoms with van der Waals surface area (Å²) in [7, 11) is 0. The molecule has 19 heavy (non-hydrogen) atoms. The third-order valence-electron chi connectivity index (χ3n) is 2.66. The monoisotopic (exact) mass is 261 g/mol. The van der Waals surface area contributed by atoms with Crippen LogP contribution in [0, 0.1) is 0 Å². The van der Waals surface area contributed by atoms with Gasteiger partial charge in [0.2, 0.25) is 0 Å². The number of anilines is 1. The van der Waals surface area contributed by atoms with Crippen LogP contribution in [0.5, 0.6) is 5.75 Å². The lowest BCUT2D eigenvalue weighted by Crippen LogP contribution is -2.08. The van der Waals surface area contributed by atoms with Crippen molar-refractivity contribution < 1.29 is 14.6 Å². The molecule has 1 aromatic carbocycles. The van der Waals surface area contributed by atoms with E-state index in [1.54, 1.807) is 18.2 Å². The fourth-order valence-corrected chi connectivity index (χ4v) is 1.73. The van der Waals surface area contributed by atoms with E-state index >= 15 is 0 Å². The molecule has 0 atom stereocenters. The van der Waals surface area contributed by atoms with E-state index in [1.807, 2.05) is 0 Å². The molecule has 0 aliphatic carbocycles. The third-order valence-corrected chi connectivity index (χ3v) is 2.66. The summed E-state index contributed by atoms with van der Waals surface area (Å²) >= 11 is 0. The molecule has 0 spiro atoms. The van der Waals surface area contributed by atoms with Gasteiger partial charge in [-0.05, 0) is 25.1 Å². The number of para-hydroxylation sites is 1. The van der Waals surface area contributed by atoms with Gasteiger partial charge in [0.05, 0.1) is 17.8 Å². The molecule has 0 amide bonds. The van der Waals surface area contributed by atoms with Crippen LogP contribution in [-0.2, 0) is 0 Å². The SMILES string of the molecule is NCCCOc1cc(C(=O)O)nc2c(N)cccc12. The van der Waals surface area contributed by atoms with Gasteiger partial charge in [0.25, 0.3) is 0 Å². The van der Waals surface area contributed by atoms with Gasteiger partial charge in [0, 0.05) is 11.5 Å². The van der Waals surface area contributed by atoms with Crippen molar-refractivity contribution in [3.8, 4) is 5.75 Å². The molecule has 0 unspecified atom stereocenters. The first kappa shape index (κ1) is 13.1. The Morgan fingerprint density at radius 3 is 2.89 bits per heavy atom. The molecule has 0 aliphatic rings. The lowest BCUT2D eigenvalue weighted by atomic mass is 10.1. The quantitative estimate of drug-likeness (QED) is 0.551. The van der Waals surface area contributed by atoms with Crippen LogP contribution in [0.3, 0.4) is 0 Å². The van der Waals surface area contributed by atoms with Crippen LogP contribution >= 0.6 is 0 Å². The second kappa shape index (κ2) is 5.53. The number of benzene rings is 1. The number of rotatable bonds is 5. The number of nitrogen functional groups attached to an aromatic ring is 1. The molecule has 0 fully saturated rings. The minimum Gasteiger partial charge on any atom is -0.493 e. The van der Waals surface area contributed by atoms with E-state index in [-0.39, 0.29) is 5.69 Å². The number of aromatic carboxylic acids is 1. The van der Waals surface area contributed by atoms with Crippen molar-refractivity contribution in [2.24, 2.45) is 5.73 Å². The highest BCUT2D eigenvalue weighted by Gasteiger charge is 2.13. The Hall–Kier alpha value is -2.34. The molecular weight excluding hydrogens is 246 g/mol. The Balaban J connectivity index is 2.52. The van der Waals surface area contributed by atoms with Crippen LogP contribution in [-0.4, -0.2) is 29.2 Å². The third kappa shape index (κ3) is 2.74. The highest BCUT2D eigenvalue weighted by molar-refractivity contribution is 5.97. The molecule has 1 aromatic heterocycles. The standard InChI is InChI=1S/C13H15N3O3/c14-5-2-6-19-11-7-10(13(17)18)16-12-8(11)3-1-4-9(12)15/h1,3-4,7H,2,5-6,14-15H2,(H,17,18). The number of fused-ring (bicyclic) bond motifs is 1. The average Bonchev–Trinajstić information content (AvgIpc) is 2.39. The van der Waals surface area contributed by atoms with Crippen molar-refractivity contribution >= 4 is 22.6 Å². The van der Waals surface area contributed by atoms with E-state index in [2.05, 4.69) is 4.98 Å². The lowest BCUT2D eigenvalue weighted by molar-refractivity contribution is 0.0690. The Labute approximate surface area is 110 Å². The van der Waals surface area contributed by atoms with Crippen molar-refractivity contribution in [1.82, 2.24) is 4.98 Å². The van der Waals surface area contributed by atoms with E-state index in [0.29, 0.717) is 41.9 Å². The van der Waals surface area contributed by atoms with Crippen LogP contribution in [0.2, 0.25) is 0 Å². The summed E-state index contributed by atoms with van der Waals surface area (Å²) in [6.45, 7) is 0.931. The molecule has 5 N–H and O–H groups in total.